The highest BCUT2D eigenvalue weighted by molar-refractivity contribution is 5.77. The quantitative estimate of drug-likeness (QED) is 0.790. The fourth-order valence-electron chi connectivity index (χ4n) is 3.29. The van der Waals surface area contributed by atoms with Gasteiger partial charge in [-0.3, -0.25) is 4.79 Å². The molecule has 1 amide bonds. The zero-order valence-electron chi connectivity index (χ0n) is 17.3. The van der Waals surface area contributed by atoms with Crippen LogP contribution in [-0.2, 0) is 4.79 Å². The number of aromatic nitrogens is 2. The van der Waals surface area contributed by atoms with Crippen molar-refractivity contribution in [2.75, 3.05) is 37.7 Å². The van der Waals surface area contributed by atoms with E-state index in [1.54, 1.807) is 0 Å². The van der Waals surface area contributed by atoms with Crippen molar-refractivity contribution in [1.82, 2.24) is 15.1 Å². The molecule has 1 fully saturated rings. The number of piperazine rings is 1. The minimum Gasteiger partial charge on any atom is -0.494 e. The lowest BCUT2D eigenvalue weighted by Crippen LogP contribution is -2.49. The number of hydrogen-bond acceptors (Lipinski definition) is 5. The summed E-state index contributed by atoms with van der Waals surface area (Å²) in [6.45, 7) is 12.0. The molecular formula is C22H30N4O2. The first-order valence-corrected chi connectivity index (χ1v) is 9.95. The number of benzene rings is 1. The third kappa shape index (κ3) is 5.21. The topological polar surface area (TPSA) is 58.6 Å². The van der Waals surface area contributed by atoms with Crippen LogP contribution in [0.2, 0.25) is 0 Å². The van der Waals surface area contributed by atoms with E-state index in [0.717, 1.165) is 49.0 Å². The Bertz CT molecular complexity index is 774. The molecule has 1 aromatic carbocycles. The summed E-state index contributed by atoms with van der Waals surface area (Å²) in [4.78, 5) is 16.5. The van der Waals surface area contributed by atoms with E-state index in [9.17, 15) is 4.79 Å². The fraction of sp³-hybridized carbons (Fsp3) is 0.500. The molecule has 6 heteroatoms. The van der Waals surface area contributed by atoms with E-state index in [0.29, 0.717) is 13.0 Å². The molecule has 0 aliphatic carbocycles. The number of nitrogens with zero attached hydrogens (tertiary/aromatic N) is 4. The standard InChI is InChI=1S/C22H30N4O2/c1-5-28-18-8-6-17(7-9-18)19-10-11-20(24-23-19)25-12-14-26(15-13-25)21(27)16-22(2,3)4/h6-11H,5,12-16H2,1-4H3. The maximum absolute atomic E-state index is 12.4. The summed E-state index contributed by atoms with van der Waals surface area (Å²) >= 11 is 0. The minimum atomic E-state index is 0.0242. The summed E-state index contributed by atoms with van der Waals surface area (Å²) in [5.74, 6) is 1.95. The average Bonchev–Trinajstić information content (AvgIpc) is 2.68. The number of carbonyl (C=O) groups is 1. The van der Waals surface area contributed by atoms with E-state index in [2.05, 4.69) is 35.9 Å². The number of hydrogen-bond donors (Lipinski definition) is 0. The first-order valence-electron chi connectivity index (χ1n) is 9.95. The van der Waals surface area contributed by atoms with E-state index in [1.165, 1.54) is 0 Å². The molecule has 0 spiro atoms. The van der Waals surface area contributed by atoms with Crippen LogP contribution in [0, 0.1) is 5.41 Å². The van der Waals surface area contributed by atoms with Crippen LogP contribution in [0.4, 0.5) is 5.82 Å². The van der Waals surface area contributed by atoms with Crippen molar-refractivity contribution in [1.29, 1.82) is 0 Å². The number of carbonyl (C=O) groups excluding carboxylic acids is 1. The Labute approximate surface area is 167 Å². The van der Waals surface area contributed by atoms with Crippen molar-refractivity contribution >= 4 is 11.7 Å². The molecule has 0 atom stereocenters. The van der Waals surface area contributed by atoms with Crippen molar-refractivity contribution in [3.63, 3.8) is 0 Å². The van der Waals surface area contributed by atoms with Gasteiger partial charge in [0.1, 0.15) is 5.75 Å². The van der Waals surface area contributed by atoms with Gasteiger partial charge < -0.3 is 14.5 Å². The largest absolute Gasteiger partial charge is 0.494 e. The predicted octanol–water partition coefficient (Wildman–Crippen LogP) is 3.63. The molecule has 2 aromatic rings. The first kappa shape index (κ1) is 20.1. The maximum atomic E-state index is 12.4. The molecule has 1 aliphatic heterocycles. The predicted molar refractivity (Wildman–Crippen MR) is 112 cm³/mol. The molecule has 2 heterocycles. The molecule has 150 valence electrons. The molecule has 1 aliphatic rings. The third-order valence-corrected chi connectivity index (χ3v) is 4.75. The highest BCUT2D eigenvalue weighted by atomic mass is 16.5. The van der Waals surface area contributed by atoms with Gasteiger partial charge in [0.2, 0.25) is 5.91 Å². The second kappa shape index (κ2) is 8.59. The molecule has 1 aromatic heterocycles. The molecule has 0 unspecified atom stereocenters. The second-order valence-corrected chi connectivity index (χ2v) is 8.34. The highest BCUT2D eigenvalue weighted by Gasteiger charge is 2.25. The number of ether oxygens (including phenoxy) is 1. The Morgan fingerprint density at radius 3 is 2.21 bits per heavy atom. The Hall–Kier alpha value is -2.63. The van der Waals surface area contributed by atoms with Crippen molar-refractivity contribution in [2.24, 2.45) is 5.41 Å². The van der Waals surface area contributed by atoms with Crippen LogP contribution in [-0.4, -0.2) is 53.8 Å². The van der Waals surface area contributed by atoms with Crippen LogP contribution in [0.3, 0.4) is 0 Å². The third-order valence-electron chi connectivity index (χ3n) is 4.75. The van der Waals surface area contributed by atoms with Crippen molar-refractivity contribution in [2.45, 2.75) is 34.1 Å². The van der Waals surface area contributed by atoms with E-state index in [1.807, 2.05) is 48.2 Å². The summed E-state index contributed by atoms with van der Waals surface area (Å²) in [7, 11) is 0. The van der Waals surface area contributed by atoms with E-state index < -0.39 is 0 Å². The Kier molecular flexibility index (Phi) is 6.17. The summed E-state index contributed by atoms with van der Waals surface area (Å²) in [6.07, 6.45) is 0.587. The second-order valence-electron chi connectivity index (χ2n) is 8.34. The van der Waals surface area contributed by atoms with Crippen molar-refractivity contribution in [3.05, 3.63) is 36.4 Å². The Morgan fingerprint density at radius 1 is 1.00 bits per heavy atom. The van der Waals surface area contributed by atoms with E-state index in [4.69, 9.17) is 4.74 Å². The van der Waals surface area contributed by atoms with Crippen LogP contribution < -0.4 is 9.64 Å². The van der Waals surface area contributed by atoms with Crippen LogP contribution in [0.1, 0.15) is 34.1 Å². The zero-order valence-corrected chi connectivity index (χ0v) is 17.3. The molecule has 28 heavy (non-hydrogen) atoms. The van der Waals surface area contributed by atoms with Gasteiger partial charge in [-0.15, -0.1) is 10.2 Å². The van der Waals surface area contributed by atoms with Gasteiger partial charge >= 0.3 is 0 Å². The van der Waals surface area contributed by atoms with E-state index in [-0.39, 0.29) is 11.3 Å². The number of anilines is 1. The Balaban J connectivity index is 1.58. The van der Waals surface area contributed by atoms with Gasteiger partial charge in [0, 0.05) is 38.2 Å². The van der Waals surface area contributed by atoms with Crippen molar-refractivity contribution < 1.29 is 9.53 Å². The summed E-state index contributed by atoms with van der Waals surface area (Å²) in [6, 6.07) is 11.9. The lowest BCUT2D eigenvalue weighted by Gasteiger charge is -2.36. The monoisotopic (exact) mass is 382 g/mol. The molecule has 6 nitrogen and oxygen atoms in total. The fourth-order valence-corrected chi connectivity index (χ4v) is 3.29. The smallest absolute Gasteiger partial charge is 0.223 e. The normalized spacial score (nSPS) is 14.9. The average molecular weight is 383 g/mol. The molecule has 0 radical (unpaired) electrons. The van der Waals surface area contributed by atoms with Crippen molar-refractivity contribution in [3.8, 4) is 17.0 Å². The van der Waals surface area contributed by atoms with Crippen LogP contribution >= 0.6 is 0 Å². The number of amides is 1. The molecule has 0 saturated carbocycles. The van der Waals surface area contributed by atoms with Gasteiger partial charge in [0.15, 0.2) is 5.82 Å². The first-order chi connectivity index (χ1) is 13.4. The lowest BCUT2D eigenvalue weighted by molar-refractivity contribution is -0.133. The molecular weight excluding hydrogens is 352 g/mol. The molecule has 0 N–H and O–H groups in total. The Morgan fingerprint density at radius 2 is 1.68 bits per heavy atom. The molecule has 1 saturated heterocycles. The lowest BCUT2D eigenvalue weighted by atomic mass is 9.91. The summed E-state index contributed by atoms with van der Waals surface area (Å²) < 4.78 is 5.48. The highest BCUT2D eigenvalue weighted by Crippen LogP contribution is 2.23. The van der Waals surface area contributed by atoms with Gasteiger partial charge in [0.05, 0.1) is 12.3 Å². The SMILES string of the molecule is CCOc1ccc(-c2ccc(N3CCN(C(=O)CC(C)(C)C)CC3)nn2)cc1. The molecule has 3 rings (SSSR count). The molecule has 0 bridgehead atoms. The van der Waals surface area contributed by atoms with Gasteiger partial charge in [0.25, 0.3) is 0 Å². The van der Waals surface area contributed by atoms with Gasteiger partial charge in [-0.05, 0) is 48.7 Å². The van der Waals surface area contributed by atoms with Gasteiger partial charge in [-0.2, -0.15) is 0 Å². The van der Waals surface area contributed by atoms with E-state index >= 15 is 0 Å². The summed E-state index contributed by atoms with van der Waals surface area (Å²) in [5, 5.41) is 8.80. The van der Waals surface area contributed by atoms with Crippen LogP contribution in [0.25, 0.3) is 11.3 Å². The van der Waals surface area contributed by atoms with Gasteiger partial charge in [-0.1, -0.05) is 20.8 Å². The number of rotatable bonds is 5. The maximum Gasteiger partial charge on any atom is 0.223 e. The summed E-state index contributed by atoms with van der Waals surface area (Å²) in [5.41, 5.74) is 1.88. The minimum absolute atomic E-state index is 0.0242. The van der Waals surface area contributed by atoms with Crippen LogP contribution in [0.15, 0.2) is 36.4 Å². The van der Waals surface area contributed by atoms with Crippen LogP contribution in [0.5, 0.6) is 5.75 Å². The zero-order chi connectivity index (χ0) is 20.1. The van der Waals surface area contributed by atoms with Gasteiger partial charge in [-0.25, -0.2) is 0 Å².